The molecule has 0 saturated heterocycles. The molecule has 2 aromatic heterocycles. The first kappa shape index (κ1) is 22.9. The Labute approximate surface area is 177 Å². The maximum atomic E-state index is 11.1. The fourth-order valence-corrected chi connectivity index (χ4v) is 3.64. The second kappa shape index (κ2) is 11.6. The number of thiophene rings is 1. The van der Waals surface area contributed by atoms with Crippen LogP contribution in [0.2, 0.25) is 0 Å². The molecule has 4 N–H and O–H groups in total. The first-order chi connectivity index (χ1) is 14.0. The average molecular weight is 414 g/mol. The summed E-state index contributed by atoms with van der Waals surface area (Å²) >= 11 is 1.34. The van der Waals surface area contributed by atoms with Crippen LogP contribution < -0.4 is 16.4 Å². The molecule has 0 bridgehead atoms. The molecule has 1 aromatic carbocycles. The summed E-state index contributed by atoms with van der Waals surface area (Å²) in [6, 6.07) is 8.22. The highest BCUT2D eigenvalue weighted by Gasteiger charge is 2.14. The van der Waals surface area contributed by atoms with Crippen molar-refractivity contribution in [3.8, 4) is 11.3 Å². The van der Waals surface area contributed by atoms with Gasteiger partial charge >= 0.3 is 0 Å². The van der Waals surface area contributed by atoms with E-state index in [2.05, 4.69) is 59.6 Å². The third-order valence-corrected chi connectivity index (χ3v) is 5.45. The lowest BCUT2D eigenvalue weighted by atomic mass is 10.00. The number of anilines is 1. The van der Waals surface area contributed by atoms with E-state index in [-0.39, 0.29) is 5.95 Å². The van der Waals surface area contributed by atoms with E-state index in [4.69, 9.17) is 5.73 Å². The topological polar surface area (TPSA) is 92.9 Å². The highest BCUT2D eigenvalue weighted by Crippen LogP contribution is 2.33. The Morgan fingerprint density at radius 1 is 1.21 bits per heavy atom. The Morgan fingerprint density at radius 3 is 2.62 bits per heavy atom. The average Bonchev–Trinajstić information content (AvgIpc) is 3.15. The molecule has 0 atom stereocenters. The first-order valence-corrected chi connectivity index (χ1v) is 10.8. The van der Waals surface area contributed by atoms with Crippen molar-refractivity contribution in [2.45, 2.75) is 40.2 Å². The SMILES string of the molecule is CCCCNCc1ccc(C)c(-c2nc(N)nc3sc(C=O)cc23)c1.CCNC. The molecule has 156 valence electrons. The Hall–Kier alpha value is -2.35. The van der Waals surface area contributed by atoms with Gasteiger partial charge in [-0.3, -0.25) is 4.79 Å². The van der Waals surface area contributed by atoms with Crippen molar-refractivity contribution < 1.29 is 4.79 Å². The van der Waals surface area contributed by atoms with Gasteiger partial charge < -0.3 is 16.4 Å². The molecule has 29 heavy (non-hydrogen) atoms. The molecule has 2 heterocycles. The number of aldehydes is 1. The second-order valence-corrected chi connectivity index (χ2v) is 7.86. The number of unbranched alkanes of at least 4 members (excludes halogenated alkanes) is 1. The van der Waals surface area contributed by atoms with Crippen LogP contribution >= 0.6 is 11.3 Å². The van der Waals surface area contributed by atoms with Crippen LogP contribution in [0.1, 0.15) is 47.5 Å². The molecule has 7 heteroatoms. The summed E-state index contributed by atoms with van der Waals surface area (Å²) in [4.78, 5) is 21.2. The smallest absolute Gasteiger partial charge is 0.221 e. The fraction of sp³-hybridized carbons (Fsp3) is 0.409. The Balaban J connectivity index is 0.000000687. The van der Waals surface area contributed by atoms with Gasteiger partial charge in [0.05, 0.1) is 10.6 Å². The standard InChI is InChI=1S/C19H22N4OS.C3H9N/c1-3-4-7-21-10-13-6-5-12(2)15(8-13)17-16-9-14(11-24)25-18(16)23-19(20)22-17;1-3-4-2/h5-6,8-9,11,21H,3-4,7,10H2,1-2H3,(H2,20,22,23);4H,3H2,1-2H3. The quantitative estimate of drug-likeness (QED) is 0.379. The normalized spacial score (nSPS) is 10.6. The van der Waals surface area contributed by atoms with Crippen LogP contribution in [-0.4, -0.2) is 36.4 Å². The Morgan fingerprint density at radius 2 is 1.97 bits per heavy atom. The third-order valence-electron chi connectivity index (χ3n) is 4.49. The molecular formula is C22H31N5OS. The minimum Gasteiger partial charge on any atom is -0.368 e. The van der Waals surface area contributed by atoms with Crippen molar-refractivity contribution in [2.24, 2.45) is 0 Å². The molecule has 0 fully saturated rings. The lowest BCUT2D eigenvalue weighted by Crippen LogP contribution is -2.14. The Bertz CT molecular complexity index is 936. The van der Waals surface area contributed by atoms with Crippen LogP contribution in [0, 0.1) is 6.92 Å². The molecule has 6 nitrogen and oxygen atoms in total. The van der Waals surface area contributed by atoms with Gasteiger partial charge in [-0.2, -0.15) is 0 Å². The number of benzene rings is 1. The van der Waals surface area contributed by atoms with Crippen LogP contribution in [0.3, 0.4) is 0 Å². The zero-order valence-electron chi connectivity index (χ0n) is 17.7. The maximum Gasteiger partial charge on any atom is 0.221 e. The van der Waals surface area contributed by atoms with Gasteiger partial charge in [0.2, 0.25) is 5.95 Å². The largest absolute Gasteiger partial charge is 0.368 e. The fourth-order valence-electron chi connectivity index (χ4n) is 2.79. The van der Waals surface area contributed by atoms with Gasteiger partial charge in [-0.15, -0.1) is 11.3 Å². The monoisotopic (exact) mass is 413 g/mol. The number of aromatic nitrogens is 2. The van der Waals surface area contributed by atoms with Crippen LogP contribution in [-0.2, 0) is 6.54 Å². The van der Waals surface area contributed by atoms with E-state index in [1.165, 1.54) is 29.7 Å². The van der Waals surface area contributed by atoms with E-state index < -0.39 is 0 Å². The molecule has 0 radical (unpaired) electrons. The summed E-state index contributed by atoms with van der Waals surface area (Å²) in [7, 11) is 1.93. The van der Waals surface area contributed by atoms with Crippen molar-refractivity contribution in [1.82, 2.24) is 20.6 Å². The van der Waals surface area contributed by atoms with Crippen molar-refractivity contribution >= 4 is 33.8 Å². The van der Waals surface area contributed by atoms with Gasteiger partial charge in [0.1, 0.15) is 4.83 Å². The molecule has 3 rings (SSSR count). The number of carbonyl (C=O) groups excluding carboxylic acids is 1. The highest BCUT2D eigenvalue weighted by molar-refractivity contribution is 7.20. The molecule has 0 saturated carbocycles. The maximum absolute atomic E-state index is 11.1. The summed E-state index contributed by atoms with van der Waals surface area (Å²) in [5.74, 6) is 0.229. The third kappa shape index (κ3) is 6.32. The summed E-state index contributed by atoms with van der Waals surface area (Å²) in [5.41, 5.74) is 10.0. The van der Waals surface area contributed by atoms with E-state index in [0.717, 1.165) is 53.0 Å². The molecule has 0 amide bonds. The van der Waals surface area contributed by atoms with E-state index in [0.29, 0.717) is 4.88 Å². The molecule has 0 aliphatic rings. The van der Waals surface area contributed by atoms with Gasteiger partial charge in [0, 0.05) is 17.5 Å². The van der Waals surface area contributed by atoms with Crippen LogP contribution in [0.5, 0.6) is 0 Å². The number of carbonyl (C=O) groups is 1. The highest BCUT2D eigenvalue weighted by atomic mass is 32.1. The van der Waals surface area contributed by atoms with Gasteiger partial charge in [0.15, 0.2) is 6.29 Å². The lowest BCUT2D eigenvalue weighted by molar-refractivity contribution is 0.112. The predicted molar refractivity (Wildman–Crippen MR) is 124 cm³/mol. The van der Waals surface area contributed by atoms with Crippen molar-refractivity contribution in [2.75, 3.05) is 25.9 Å². The van der Waals surface area contributed by atoms with Gasteiger partial charge in [-0.25, -0.2) is 9.97 Å². The molecule has 0 spiro atoms. The molecule has 0 aliphatic heterocycles. The minimum atomic E-state index is 0.229. The van der Waals surface area contributed by atoms with Crippen LogP contribution in [0.25, 0.3) is 21.5 Å². The number of nitrogen functional groups attached to an aromatic ring is 1. The summed E-state index contributed by atoms with van der Waals surface area (Å²) in [5, 5.41) is 7.27. The number of hydrogen-bond acceptors (Lipinski definition) is 7. The van der Waals surface area contributed by atoms with E-state index >= 15 is 0 Å². The van der Waals surface area contributed by atoms with Crippen LogP contribution in [0.15, 0.2) is 24.3 Å². The Kier molecular flexibility index (Phi) is 9.18. The van der Waals surface area contributed by atoms with E-state index in [1.54, 1.807) is 0 Å². The van der Waals surface area contributed by atoms with E-state index in [1.807, 2.05) is 13.1 Å². The first-order valence-electron chi connectivity index (χ1n) is 10.0. The number of aryl methyl sites for hydroxylation is 1. The summed E-state index contributed by atoms with van der Waals surface area (Å²) in [6.45, 7) is 9.21. The van der Waals surface area contributed by atoms with Gasteiger partial charge in [-0.1, -0.05) is 32.4 Å². The summed E-state index contributed by atoms with van der Waals surface area (Å²) in [6.07, 6.45) is 3.19. The molecular weight excluding hydrogens is 382 g/mol. The number of hydrogen-bond donors (Lipinski definition) is 3. The predicted octanol–water partition coefficient (Wildman–Crippen LogP) is 4.18. The number of nitrogens with one attached hydrogen (secondary N) is 2. The van der Waals surface area contributed by atoms with Crippen LogP contribution in [0.4, 0.5) is 5.95 Å². The number of rotatable bonds is 8. The molecule has 0 unspecified atom stereocenters. The van der Waals surface area contributed by atoms with E-state index in [9.17, 15) is 4.79 Å². The number of nitrogens with zero attached hydrogens (tertiary/aromatic N) is 2. The van der Waals surface area contributed by atoms with Crippen molar-refractivity contribution in [1.29, 1.82) is 0 Å². The zero-order chi connectivity index (χ0) is 21.2. The molecule has 3 aromatic rings. The summed E-state index contributed by atoms with van der Waals surface area (Å²) < 4.78 is 0. The molecule has 0 aliphatic carbocycles. The zero-order valence-corrected chi connectivity index (χ0v) is 18.5. The van der Waals surface area contributed by atoms with Gasteiger partial charge in [0.25, 0.3) is 0 Å². The minimum absolute atomic E-state index is 0.229. The number of fused-ring (bicyclic) bond motifs is 1. The number of nitrogens with two attached hydrogens (primary N) is 1. The van der Waals surface area contributed by atoms with Gasteiger partial charge in [-0.05, 0) is 56.7 Å². The van der Waals surface area contributed by atoms with Crippen molar-refractivity contribution in [3.05, 3.63) is 40.3 Å². The lowest BCUT2D eigenvalue weighted by Gasteiger charge is -2.11. The second-order valence-electron chi connectivity index (χ2n) is 6.80. The van der Waals surface area contributed by atoms with Crippen molar-refractivity contribution in [3.63, 3.8) is 0 Å².